The van der Waals surface area contributed by atoms with Crippen molar-refractivity contribution in [1.82, 2.24) is 4.98 Å². The van der Waals surface area contributed by atoms with Gasteiger partial charge in [-0.15, -0.1) is 0 Å². The summed E-state index contributed by atoms with van der Waals surface area (Å²) in [5.74, 6) is -0.463. The van der Waals surface area contributed by atoms with Crippen LogP contribution in [0.5, 0.6) is 0 Å². The Morgan fingerprint density at radius 1 is 1.29 bits per heavy atom. The molecule has 1 aromatic heterocycles. The van der Waals surface area contributed by atoms with Crippen LogP contribution in [0.25, 0.3) is 0 Å². The van der Waals surface area contributed by atoms with Crippen molar-refractivity contribution in [2.45, 2.75) is 12.5 Å². The Morgan fingerprint density at radius 2 is 2.00 bits per heavy atom. The normalized spacial score (nSPS) is 14.4. The Labute approximate surface area is 107 Å². The van der Waals surface area contributed by atoms with Crippen LogP contribution in [0.4, 0.5) is 4.39 Å². The van der Waals surface area contributed by atoms with Crippen molar-refractivity contribution in [3.63, 3.8) is 0 Å². The van der Waals surface area contributed by atoms with Crippen LogP contribution in [0.1, 0.15) is 18.1 Å². The van der Waals surface area contributed by atoms with Gasteiger partial charge < -0.3 is 5.11 Å². The van der Waals surface area contributed by atoms with Crippen molar-refractivity contribution >= 4 is 15.9 Å². The maximum Gasteiger partial charge on any atom is 0.141 e. The van der Waals surface area contributed by atoms with E-state index in [0.717, 1.165) is 10.7 Å². The number of halogens is 2. The topological polar surface area (TPSA) is 33.1 Å². The Kier molecular flexibility index (Phi) is 3.26. The van der Waals surface area contributed by atoms with E-state index < -0.39 is 11.4 Å². The van der Waals surface area contributed by atoms with Crippen molar-refractivity contribution in [3.05, 3.63) is 64.1 Å². The number of aromatic nitrogens is 1. The molecule has 0 fully saturated rings. The fourth-order valence-electron chi connectivity index (χ4n) is 1.69. The number of benzene rings is 1. The van der Waals surface area contributed by atoms with E-state index in [1.807, 2.05) is 18.2 Å². The lowest BCUT2D eigenvalue weighted by atomic mass is 9.89. The highest BCUT2D eigenvalue weighted by Gasteiger charge is 2.28. The predicted molar refractivity (Wildman–Crippen MR) is 67.0 cm³/mol. The van der Waals surface area contributed by atoms with Crippen molar-refractivity contribution < 1.29 is 9.50 Å². The van der Waals surface area contributed by atoms with Crippen molar-refractivity contribution in [2.24, 2.45) is 0 Å². The van der Waals surface area contributed by atoms with Crippen LogP contribution in [0, 0.1) is 5.82 Å². The molecule has 1 aromatic carbocycles. The minimum absolute atomic E-state index is 0.421. The highest BCUT2D eigenvalue weighted by molar-refractivity contribution is 9.10. The quantitative estimate of drug-likeness (QED) is 0.923. The summed E-state index contributed by atoms with van der Waals surface area (Å²) < 4.78 is 13.9. The van der Waals surface area contributed by atoms with Crippen LogP contribution in [0.2, 0.25) is 0 Å². The van der Waals surface area contributed by atoms with Gasteiger partial charge in [-0.05, 0) is 19.1 Å². The van der Waals surface area contributed by atoms with Crippen LogP contribution in [-0.2, 0) is 5.60 Å². The number of nitrogens with zero attached hydrogens (tertiary/aromatic N) is 1. The first-order chi connectivity index (χ1) is 8.01. The second-order valence-corrected chi connectivity index (χ2v) is 4.80. The van der Waals surface area contributed by atoms with Crippen LogP contribution < -0.4 is 0 Å². The average molecular weight is 296 g/mol. The second-order valence-electron chi connectivity index (χ2n) is 3.94. The summed E-state index contributed by atoms with van der Waals surface area (Å²) in [6.07, 6.45) is 2.57. The Morgan fingerprint density at radius 3 is 2.65 bits per heavy atom. The van der Waals surface area contributed by atoms with Gasteiger partial charge >= 0.3 is 0 Å². The lowest BCUT2D eigenvalue weighted by Crippen LogP contribution is -2.23. The third-order valence-electron chi connectivity index (χ3n) is 2.67. The molecule has 0 saturated heterocycles. The van der Waals surface area contributed by atoms with Gasteiger partial charge in [-0.3, -0.25) is 4.98 Å². The standard InChI is InChI=1S/C13H11BrFNO/c1-13(17,9-6-10(15)8-16-7-9)11-4-2-3-5-12(11)14/h2-8,17H,1H3. The van der Waals surface area contributed by atoms with Gasteiger partial charge in [-0.1, -0.05) is 34.1 Å². The molecule has 17 heavy (non-hydrogen) atoms. The minimum Gasteiger partial charge on any atom is -0.381 e. The summed E-state index contributed by atoms with van der Waals surface area (Å²) in [5, 5.41) is 10.5. The van der Waals surface area contributed by atoms with E-state index in [1.165, 1.54) is 12.3 Å². The molecule has 0 aliphatic rings. The fraction of sp³-hybridized carbons (Fsp3) is 0.154. The molecule has 4 heteroatoms. The Balaban J connectivity index is 2.53. The smallest absolute Gasteiger partial charge is 0.141 e. The third kappa shape index (κ3) is 2.37. The molecular formula is C13H11BrFNO. The molecule has 0 spiro atoms. The molecule has 0 aliphatic heterocycles. The molecule has 0 radical (unpaired) electrons. The number of aliphatic hydroxyl groups is 1. The van der Waals surface area contributed by atoms with Crippen molar-refractivity contribution in [2.75, 3.05) is 0 Å². The molecule has 0 saturated carbocycles. The first-order valence-corrected chi connectivity index (χ1v) is 5.89. The summed E-state index contributed by atoms with van der Waals surface area (Å²) in [4.78, 5) is 3.76. The van der Waals surface area contributed by atoms with E-state index in [-0.39, 0.29) is 0 Å². The molecule has 0 amide bonds. The molecule has 0 aliphatic carbocycles. The molecule has 88 valence electrons. The van der Waals surface area contributed by atoms with Gasteiger partial charge in [-0.25, -0.2) is 4.39 Å². The van der Waals surface area contributed by atoms with Gasteiger partial charge in [0, 0.05) is 21.8 Å². The zero-order valence-corrected chi connectivity index (χ0v) is 10.8. The zero-order chi connectivity index (χ0) is 12.5. The van der Waals surface area contributed by atoms with Crippen molar-refractivity contribution in [1.29, 1.82) is 0 Å². The number of hydrogen-bond donors (Lipinski definition) is 1. The fourth-order valence-corrected chi connectivity index (χ4v) is 2.36. The van der Waals surface area contributed by atoms with E-state index in [9.17, 15) is 9.50 Å². The monoisotopic (exact) mass is 295 g/mol. The van der Waals surface area contributed by atoms with Crippen molar-refractivity contribution in [3.8, 4) is 0 Å². The first kappa shape index (κ1) is 12.2. The molecule has 2 rings (SSSR count). The van der Waals surface area contributed by atoms with E-state index in [1.54, 1.807) is 13.0 Å². The van der Waals surface area contributed by atoms with Gasteiger partial charge in [0.15, 0.2) is 0 Å². The average Bonchev–Trinajstić information content (AvgIpc) is 2.29. The van der Waals surface area contributed by atoms with E-state index in [2.05, 4.69) is 20.9 Å². The zero-order valence-electron chi connectivity index (χ0n) is 9.19. The third-order valence-corrected chi connectivity index (χ3v) is 3.36. The Bertz CT molecular complexity index is 542. The number of pyridine rings is 1. The minimum atomic E-state index is -1.28. The number of hydrogen-bond acceptors (Lipinski definition) is 2. The lowest BCUT2D eigenvalue weighted by molar-refractivity contribution is 0.101. The van der Waals surface area contributed by atoms with Crippen LogP contribution in [0.15, 0.2) is 47.2 Å². The van der Waals surface area contributed by atoms with E-state index in [4.69, 9.17) is 0 Å². The summed E-state index contributed by atoms with van der Waals surface area (Å²) >= 11 is 3.37. The Hall–Kier alpha value is -1.26. The maximum absolute atomic E-state index is 13.1. The largest absolute Gasteiger partial charge is 0.381 e. The molecule has 1 atom stereocenters. The molecule has 1 unspecified atom stereocenters. The summed E-state index contributed by atoms with van der Waals surface area (Å²) in [7, 11) is 0. The molecule has 1 N–H and O–H groups in total. The molecule has 0 bridgehead atoms. The lowest BCUT2D eigenvalue weighted by Gasteiger charge is -2.25. The summed E-state index contributed by atoms with van der Waals surface area (Å²) in [5.41, 5.74) is -0.188. The highest BCUT2D eigenvalue weighted by Crippen LogP contribution is 2.33. The molecule has 2 nitrogen and oxygen atoms in total. The molecular weight excluding hydrogens is 285 g/mol. The van der Waals surface area contributed by atoms with E-state index >= 15 is 0 Å². The molecule has 1 heterocycles. The first-order valence-electron chi connectivity index (χ1n) is 5.10. The van der Waals surface area contributed by atoms with Crippen LogP contribution in [0.3, 0.4) is 0 Å². The van der Waals surface area contributed by atoms with Crippen LogP contribution in [-0.4, -0.2) is 10.1 Å². The van der Waals surface area contributed by atoms with Gasteiger partial charge in [0.2, 0.25) is 0 Å². The van der Waals surface area contributed by atoms with E-state index in [0.29, 0.717) is 11.1 Å². The summed E-state index contributed by atoms with van der Waals surface area (Å²) in [6.45, 7) is 1.61. The highest BCUT2D eigenvalue weighted by atomic mass is 79.9. The van der Waals surface area contributed by atoms with Gasteiger partial charge in [0.1, 0.15) is 11.4 Å². The van der Waals surface area contributed by atoms with Gasteiger partial charge in [-0.2, -0.15) is 0 Å². The SMILES string of the molecule is CC(O)(c1cncc(F)c1)c1ccccc1Br. The predicted octanol–water partition coefficient (Wildman–Crippen LogP) is 3.24. The van der Waals surface area contributed by atoms with Crippen LogP contribution >= 0.6 is 15.9 Å². The summed E-state index contributed by atoms with van der Waals surface area (Å²) in [6, 6.07) is 8.58. The molecule has 2 aromatic rings. The second kappa shape index (κ2) is 4.55. The maximum atomic E-state index is 13.1. The number of rotatable bonds is 2. The van der Waals surface area contributed by atoms with Gasteiger partial charge in [0.25, 0.3) is 0 Å². The van der Waals surface area contributed by atoms with Gasteiger partial charge in [0.05, 0.1) is 6.20 Å².